The molecule has 0 saturated heterocycles. The molecule has 13 rings (SSSR count). The molecule has 8 aromatic carbocycles. The van der Waals surface area contributed by atoms with Crippen LogP contribution in [0.3, 0.4) is 0 Å². The smallest absolute Gasteiger partial charge is 0.159 e. The van der Waals surface area contributed by atoms with Gasteiger partial charge in [-0.2, -0.15) is 0 Å². The number of hydrogen-bond donors (Lipinski definition) is 0. The molecule has 0 amide bonds. The molecule has 4 heteroatoms. The Morgan fingerprint density at radius 3 is 1.87 bits per heavy atom. The highest BCUT2D eigenvalue weighted by Gasteiger charge is 2.36. The van der Waals surface area contributed by atoms with Crippen molar-refractivity contribution in [2.45, 2.75) is 19.3 Å². The lowest BCUT2D eigenvalue weighted by molar-refractivity contribution is 0.660. The Bertz CT molecular complexity index is 3640. The van der Waals surface area contributed by atoms with Crippen LogP contribution in [0.4, 0.5) is 0 Å². The number of aromatic nitrogens is 1. The Hall–Kier alpha value is -7.04. The summed E-state index contributed by atoms with van der Waals surface area (Å²) in [6, 6.07) is 54.1. The van der Waals surface area contributed by atoms with Crippen molar-refractivity contribution in [3.05, 3.63) is 163 Å². The molecule has 0 spiro atoms. The van der Waals surface area contributed by atoms with Gasteiger partial charge in [-0.25, -0.2) is 0 Å². The molecule has 4 heterocycles. The molecule has 4 nitrogen and oxygen atoms in total. The van der Waals surface area contributed by atoms with Gasteiger partial charge < -0.3 is 17.8 Å². The topological polar surface area (TPSA) is 44.4 Å². The first kappa shape index (κ1) is 29.4. The van der Waals surface area contributed by atoms with E-state index in [0.717, 1.165) is 88.1 Å². The molecule has 55 heavy (non-hydrogen) atoms. The third-order valence-corrected chi connectivity index (χ3v) is 12.4. The van der Waals surface area contributed by atoms with Gasteiger partial charge in [0.25, 0.3) is 0 Å². The summed E-state index contributed by atoms with van der Waals surface area (Å²) in [6.45, 7) is 4.69. The fourth-order valence-corrected chi connectivity index (χ4v) is 9.97. The van der Waals surface area contributed by atoms with Crippen LogP contribution in [0.1, 0.15) is 25.0 Å². The summed E-state index contributed by atoms with van der Waals surface area (Å²) < 4.78 is 22.5. The number of hydrogen-bond acceptors (Lipinski definition) is 3. The molecule has 0 radical (unpaired) electrons. The molecule has 0 N–H and O–H groups in total. The van der Waals surface area contributed by atoms with E-state index in [4.69, 9.17) is 13.3 Å². The zero-order valence-corrected chi connectivity index (χ0v) is 30.1. The Kier molecular flexibility index (Phi) is 5.42. The van der Waals surface area contributed by atoms with Crippen LogP contribution in [-0.2, 0) is 5.41 Å². The van der Waals surface area contributed by atoms with E-state index in [1.807, 2.05) is 18.2 Å². The van der Waals surface area contributed by atoms with Gasteiger partial charge >= 0.3 is 0 Å². The Morgan fingerprint density at radius 2 is 1.00 bits per heavy atom. The summed E-state index contributed by atoms with van der Waals surface area (Å²) in [5.41, 5.74) is 15.9. The highest BCUT2D eigenvalue weighted by atomic mass is 16.3. The fraction of sp³-hybridized carbons (Fsp3) is 0.0588. The van der Waals surface area contributed by atoms with Crippen molar-refractivity contribution in [3.63, 3.8) is 0 Å². The average molecular weight is 706 g/mol. The maximum atomic E-state index is 6.95. The Balaban J connectivity index is 1.09. The van der Waals surface area contributed by atoms with Gasteiger partial charge in [0.1, 0.15) is 27.9 Å². The van der Waals surface area contributed by atoms with Crippen LogP contribution in [0.2, 0.25) is 0 Å². The van der Waals surface area contributed by atoms with E-state index < -0.39 is 0 Å². The molecular weight excluding hydrogens is 675 g/mol. The van der Waals surface area contributed by atoms with Crippen LogP contribution in [-0.4, -0.2) is 4.57 Å². The monoisotopic (exact) mass is 705 g/mol. The molecule has 4 aromatic heterocycles. The first-order chi connectivity index (χ1) is 27.0. The van der Waals surface area contributed by atoms with Crippen molar-refractivity contribution in [1.29, 1.82) is 0 Å². The number of furan rings is 3. The van der Waals surface area contributed by atoms with Crippen molar-refractivity contribution in [3.8, 4) is 27.9 Å². The van der Waals surface area contributed by atoms with Crippen molar-refractivity contribution in [2.75, 3.05) is 0 Å². The first-order valence-electron chi connectivity index (χ1n) is 18.9. The molecule has 0 aliphatic heterocycles. The van der Waals surface area contributed by atoms with Crippen LogP contribution in [0, 0.1) is 0 Å². The quantitative estimate of drug-likeness (QED) is 0.180. The lowest BCUT2D eigenvalue weighted by Gasteiger charge is -2.21. The minimum atomic E-state index is -0.115. The van der Waals surface area contributed by atoms with Crippen molar-refractivity contribution in [1.82, 2.24) is 4.57 Å². The van der Waals surface area contributed by atoms with Gasteiger partial charge in [0.15, 0.2) is 5.58 Å². The van der Waals surface area contributed by atoms with Crippen LogP contribution in [0.15, 0.2) is 165 Å². The molecule has 0 fully saturated rings. The second kappa shape index (κ2) is 10.1. The predicted molar refractivity (Wildman–Crippen MR) is 226 cm³/mol. The van der Waals surface area contributed by atoms with Gasteiger partial charge in [-0.3, -0.25) is 0 Å². The molecule has 1 aliphatic carbocycles. The van der Waals surface area contributed by atoms with E-state index in [0.29, 0.717) is 0 Å². The summed E-state index contributed by atoms with van der Waals surface area (Å²) in [7, 11) is 0. The van der Waals surface area contributed by atoms with E-state index in [-0.39, 0.29) is 5.41 Å². The maximum absolute atomic E-state index is 6.95. The molecule has 0 saturated carbocycles. The van der Waals surface area contributed by atoms with E-state index in [1.165, 1.54) is 38.5 Å². The van der Waals surface area contributed by atoms with Crippen molar-refractivity contribution in [2.24, 2.45) is 0 Å². The van der Waals surface area contributed by atoms with Crippen molar-refractivity contribution >= 4 is 87.6 Å². The van der Waals surface area contributed by atoms with Crippen molar-refractivity contribution < 1.29 is 13.3 Å². The second-order valence-electron chi connectivity index (χ2n) is 15.6. The van der Waals surface area contributed by atoms with E-state index in [9.17, 15) is 0 Å². The van der Waals surface area contributed by atoms with Gasteiger partial charge in [-0.05, 0) is 76.3 Å². The molecular formula is C51H31NO3. The maximum Gasteiger partial charge on any atom is 0.159 e. The normalized spacial score (nSPS) is 13.8. The summed E-state index contributed by atoms with van der Waals surface area (Å²) in [6.07, 6.45) is 0. The van der Waals surface area contributed by atoms with Gasteiger partial charge in [0.05, 0.1) is 16.7 Å². The van der Waals surface area contributed by atoms with Gasteiger partial charge in [0.2, 0.25) is 0 Å². The largest absolute Gasteiger partial charge is 0.456 e. The van der Waals surface area contributed by atoms with Gasteiger partial charge in [-0.15, -0.1) is 0 Å². The third kappa shape index (κ3) is 3.66. The highest BCUT2D eigenvalue weighted by Crippen LogP contribution is 2.52. The average Bonchev–Trinajstić information content (AvgIpc) is 4.01. The number of nitrogens with zero attached hydrogens (tertiary/aromatic N) is 1. The Morgan fingerprint density at radius 1 is 0.382 bits per heavy atom. The summed E-state index contributed by atoms with van der Waals surface area (Å²) in [5, 5.41) is 8.92. The van der Waals surface area contributed by atoms with E-state index in [2.05, 4.69) is 152 Å². The highest BCUT2D eigenvalue weighted by molar-refractivity contribution is 6.28. The van der Waals surface area contributed by atoms with Crippen LogP contribution >= 0.6 is 0 Å². The zero-order chi connectivity index (χ0) is 36.2. The zero-order valence-electron chi connectivity index (χ0n) is 30.1. The number of para-hydroxylation sites is 4. The van der Waals surface area contributed by atoms with Crippen LogP contribution < -0.4 is 0 Å². The molecule has 0 unspecified atom stereocenters. The summed E-state index contributed by atoms with van der Waals surface area (Å²) >= 11 is 0. The van der Waals surface area contributed by atoms with Gasteiger partial charge in [0, 0.05) is 54.1 Å². The lowest BCUT2D eigenvalue weighted by atomic mass is 9.82. The molecule has 0 atom stereocenters. The SMILES string of the molecule is CC1(C)c2ccccc2-c2cc3c4ccccc4n(-c4cccc5c4oc4ccc6oc7c(-c8cccc9oc%10ccccc%10c89)cccc7c6c45)c3cc21. The number of rotatable bonds is 2. The summed E-state index contributed by atoms with van der Waals surface area (Å²) in [5.74, 6) is 0. The van der Waals surface area contributed by atoms with Crippen LogP contribution in [0.5, 0.6) is 0 Å². The standard InChI is InChI=1S/C51H31NO3/c1-51(2)37-19-6-3-12-28(37)35-26-36-29-13-4-7-20-39(29)52(41(36)27-38(35)51)40-21-10-18-34-48-45(55-50(34)40)25-24-44-47(48)33-17-9-16-31(49(33)54-44)30-15-11-23-43-46(30)32-14-5-8-22-42(32)53-43/h3-27H,1-2H3. The molecule has 258 valence electrons. The first-order valence-corrected chi connectivity index (χ1v) is 18.9. The third-order valence-electron chi connectivity index (χ3n) is 12.4. The lowest BCUT2D eigenvalue weighted by Crippen LogP contribution is -2.14. The van der Waals surface area contributed by atoms with E-state index in [1.54, 1.807) is 0 Å². The second-order valence-corrected chi connectivity index (χ2v) is 15.6. The van der Waals surface area contributed by atoms with Gasteiger partial charge in [-0.1, -0.05) is 117 Å². The number of fused-ring (bicyclic) bond motifs is 16. The Labute approximate surface area is 314 Å². The molecule has 0 bridgehead atoms. The predicted octanol–water partition coefficient (Wildman–Crippen LogP) is 14.5. The van der Waals surface area contributed by atoms with E-state index >= 15 is 0 Å². The molecule has 1 aliphatic rings. The number of benzene rings is 8. The minimum Gasteiger partial charge on any atom is -0.456 e. The minimum absolute atomic E-state index is 0.115. The summed E-state index contributed by atoms with van der Waals surface area (Å²) in [4.78, 5) is 0. The molecule has 12 aromatic rings. The van der Waals surface area contributed by atoms with Crippen LogP contribution in [0.25, 0.3) is 116 Å². The fourth-order valence-electron chi connectivity index (χ4n) is 9.97.